The smallest absolute Gasteiger partial charge is 0.214 e. The summed E-state index contributed by atoms with van der Waals surface area (Å²) in [5, 5.41) is 0.632. The molecule has 158 valence electrons. The van der Waals surface area contributed by atoms with Crippen molar-refractivity contribution < 1.29 is 14.2 Å². The monoisotopic (exact) mass is 436 g/mol. The van der Waals surface area contributed by atoms with Crippen LogP contribution in [0.4, 0.5) is 0 Å². The fourth-order valence-corrected chi connectivity index (χ4v) is 3.82. The van der Waals surface area contributed by atoms with Crippen molar-refractivity contribution in [3.63, 3.8) is 0 Å². The van der Waals surface area contributed by atoms with E-state index in [2.05, 4.69) is 9.97 Å². The molecule has 0 bridgehead atoms. The Morgan fingerprint density at radius 3 is 2.65 bits per heavy atom. The lowest BCUT2D eigenvalue weighted by Gasteiger charge is -2.29. The fraction of sp³-hybridized carbons (Fsp3) is 0.217. The highest BCUT2D eigenvalue weighted by atomic mass is 35.5. The van der Waals surface area contributed by atoms with Crippen LogP contribution in [-0.2, 0) is 21.8 Å². The van der Waals surface area contributed by atoms with Crippen LogP contribution in [0.15, 0.2) is 86.0 Å². The number of ether oxygens (including phenoxy) is 3. The van der Waals surface area contributed by atoms with E-state index in [1.54, 1.807) is 25.0 Å². The first-order valence-corrected chi connectivity index (χ1v) is 10.3. The molecule has 0 spiro atoms. The van der Waals surface area contributed by atoms with Crippen molar-refractivity contribution in [3.8, 4) is 11.4 Å². The number of hydrogen-bond donors (Lipinski definition) is 0. The molecule has 1 aliphatic heterocycles. The highest BCUT2D eigenvalue weighted by Gasteiger charge is 2.44. The number of hydrogen-bond acceptors (Lipinski definition) is 5. The van der Waals surface area contributed by atoms with Crippen LogP contribution in [0.25, 0.3) is 5.69 Å². The third kappa shape index (κ3) is 4.34. The molecule has 0 aliphatic carbocycles. The van der Waals surface area contributed by atoms with Crippen LogP contribution >= 0.6 is 11.6 Å². The minimum atomic E-state index is -0.953. The molecule has 2 aromatic carbocycles. The van der Waals surface area contributed by atoms with E-state index >= 15 is 0 Å². The number of rotatable bonds is 7. The molecule has 1 fully saturated rings. The predicted octanol–water partition coefficient (Wildman–Crippen LogP) is 4.07. The van der Waals surface area contributed by atoms with E-state index in [1.165, 1.54) is 0 Å². The van der Waals surface area contributed by atoms with Gasteiger partial charge in [0, 0.05) is 41.1 Å². The summed E-state index contributed by atoms with van der Waals surface area (Å²) in [6.45, 7) is 1.24. The molecule has 0 N–H and O–H groups in total. The van der Waals surface area contributed by atoms with Crippen molar-refractivity contribution >= 4 is 11.6 Å². The molecular weight excluding hydrogens is 416 g/mol. The largest absolute Gasteiger partial charge is 0.491 e. The van der Waals surface area contributed by atoms with Gasteiger partial charge in [0.1, 0.15) is 18.5 Å². The molecule has 0 amide bonds. The summed E-state index contributed by atoms with van der Waals surface area (Å²) in [5.41, 5.74) is 1.88. The van der Waals surface area contributed by atoms with E-state index in [1.807, 2.05) is 70.1 Å². The maximum absolute atomic E-state index is 6.40. The van der Waals surface area contributed by atoms with Gasteiger partial charge in [-0.1, -0.05) is 23.7 Å². The molecule has 4 aromatic rings. The molecule has 0 saturated carbocycles. The van der Waals surface area contributed by atoms with Gasteiger partial charge in [0.2, 0.25) is 5.79 Å². The lowest BCUT2D eigenvalue weighted by Crippen LogP contribution is -2.34. The van der Waals surface area contributed by atoms with Crippen molar-refractivity contribution in [3.05, 3.63) is 96.6 Å². The third-order valence-corrected chi connectivity index (χ3v) is 5.38. The first kappa shape index (κ1) is 19.8. The first-order chi connectivity index (χ1) is 15.2. The van der Waals surface area contributed by atoms with E-state index in [9.17, 15) is 0 Å². The summed E-state index contributed by atoms with van der Waals surface area (Å²) >= 11 is 6.23. The lowest BCUT2D eigenvalue weighted by atomic mass is 10.1. The Labute approximate surface area is 184 Å². The lowest BCUT2D eigenvalue weighted by molar-refractivity contribution is -0.189. The Morgan fingerprint density at radius 1 is 1.06 bits per heavy atom. The Kier molecular flexibility index (Phi) is 5.46. The average Bonchev–Trinajstić information content (AvgIpc) is 3.56. The van der Waals surface area contributed by atoms with Gasteiger partial charge < -0.3 is 23.3 Å². The van der Waals surface area contributed by atoms with Crippen molar-refractivity contribution in [1.82, 2.24) is 19.1 Å². The Morgan fingerprint density at radius 2 is 1.90 bits per heavy atom. The van der Waals surface area contributed by atoms with Gasteiger partial charge in [-0.05, 0) is 36.4 Å². The van der Waals surface area contributed by atoms with Gasteiger partial charge in [0.05, 0.1) is 25.8 Å². The Hall–Kier alpha value is -3.13. The molecule has 1 saturated heterocycles. The third-order valence-electron chi connectivity index (χ3n) is 5.15. The second kappa shape index (κ2) is 8.55. The maximum Gasteiger partial charge on any atom is 0.214 e. The zero-order valence-corrected chi connectivity index (χ0v) is 17.4. The summed E-state index contributed by atoms with van der Waals surface area (Å²) in [4.78, 5) is 8.19. The van der Waals surface area contributed by atoms with E-state index in [4.69, 9.17) is 25.8 Å². The predicted molar refractivity (Wildman–Crippen MR) is 115 cm³/mol. The van der Waals surface area contributed by atoms with E-state index < -0.39 is 5.79 Å². The van der Waals surface area contributed by atoms with Crippen LogP contribution in [-0.4, -0.2) is 38.4 Å². The van der Waals surface area contributed by atoms with Crippen molar-refractivity contribution in [2.75, 3.05) is 13.2 Å². The Bertz CT molecular complexity index is 1120. The SMILES string of the molecule is Clc1cccc(C2(Cn3ccnc3)OCC(COc3ccc(-n4ccnc4)cc3)O2)c1. The second-order valence-corrected chi connectivity index (χ2v) is 7.76. The van der Waals surface area contributed by atoms with Crippen LogP contribution < -0.4 is 4.74 Å². The topological polar surface area (TPSA) is 63.3 Å². The molecule has 5 rings (SSSR count). The number of halogens is 1. The van der Waals surface area contributed by atoms with Gasteiger partial charge in [0.15, 0.2) is 0 Å². The van der Waals surface area contributed by atoms with Crippen LogP contribution in [0.1, 0.15) is 5.56 Å². The summed E-state index contributed by atoms with van der Waals surface area (Å²) < 4.78 is 22.4. The van der Waals surface area contributed by atoms with Crippen molar-refractivity contribution in [2.24, 2.45) is 0 Å². The van der Waals surface area contributed by atoms with Gasteiger partial charge in [-0.3, -0.25) is 0 Å². The standard InChI is InChI=1S/C23H21ClN4O3/c24-19-3-1-2-18(12-19)23(15-27-10-8-25-16-27)30-14-22(31-23)13-29-21-6-4-20(5-7-21)28-11-9-26-17-28/h1-12,16-17,22H,13-15H2. The molecule has 2 aromatic heterocycles. The van der Waals surface area contributed by atoms with Gasteiger partial charge in [-0.15, -0.1) is 0 Å². The van der Waals surface area contributed by atoms with E-state index in [0.29, 0.717) is 24.8 Å². The summed E-state index contributed by atoms with van der Waals surface area (Å²) in [5.74, 6) is -0.187. The van der Waals surface area contributed by atoms with Gasteiger partial charge >= 0.3 is 0 Å². The average molecular weight is 437 g/mol. The van der Waals surface area contributed by atoms with Gasteiger partial charge in [-0.25, -0.2) is 9.97 Å². The quantitative estimate of drug-likeness (QED) is 0.437. The van der Waals surface area contributed by atoms with E-state index in [0.717, 1.165) is 17.0 Å². The highest BCUT2D eigenvalue weighted by molar-refractivity contribution is 6.30. The second-order valence-electron chi connectivity index (χ2n) is 7.32. The number of nitrogens with zero attached hydrogens (tertiary/aromatic N) is 4. The molecule has 2 unspecified atom stereocenters. The Balaban J connectivity index is 1.28. The molecule has 3 heterocycles. The molecule has 31 heavy (non-hydrogen) atoms. The zero-order chi connectivity index (χ0) is 21.1. The minimum absolute atomic E-state index is 0.226. The number of imidazole rings is 2. The molecule has 7 nitrogen and oxygen atoms in total. The number of aromatic nitrogens is 4. The molecule has 1 aliphatic rings. The molecule has 8 heteroatoms. The van der Waals surface area contributed by atoms with E-state index in [-0.39, 0.29) is 6.10 Å². The summed E-state index contributed by atoms with van der Waals surface area (Å²) in [7, 11) is 0. The molecule has 2 atom stereocenters. The number of benzene rings is 2. The van der Waals surface area contributed by atoms with Crippen LogP contribution in [0.2, 0.25) is 5.02 Å². The first-order valence-electron chi connectivity index (χ1n) is 9.95. The highest BCUT2D eigenvalue weighted by Crippen LogP contribution is 2.37. The van der Waals surface area contributed by atoms with Crippen molar-refractivity contribution in [1.29, 1.82) is 0 Å². The fourth-order valence-electron chi connectivity index (χ4n) is 3.63. The summed E-state index contributed by atoms with van der Waals surface area (Å²) in [6.07, 6.45) is 10.5. The van der Waals surface area contributed by atoms with Crippen LogP contribution in [0.3, 0.4) is 0 Å². The van der Waals surface area contributed by atoms with Crippen molar-refractivity contribution in [2.45, 2.75) is 18.4 Å². The zero-order valence-electron chi connectivity index (χ0n) is 16.7. The normalized spacial score (nSPS) is 20.7. The molecule has 0 radical (unpaired) electrons. The minimum Gasteiger partial charge on any atom is -0.491 e. The van der Waals surface area contributed by atoms with Crippen LogP contribution in [0, 0.1) is 0 Å². The van der Waals surface area contributed by atoms with Gasteiger partial charge in [-0.2, -0.15) is 0 Å². The van der Waals surface area contributed by atoms with Gasteiger partial charge in [0.25, 0.3) is 0 Å². The maximum atomic E-state index is 6.40. The van der Waals surface area contributed by atoms with Crippen LogP contribution in [0.5, 0.6) is 5.75 Å². The molecular formula is C23H21ClN4O3. The summed E-state index contributed by atoms with van der Waals surface area (Å²) in [6, 6.07) is 15.4.